The second kappa shape index (κ2) is 6.71. The van der Waals surface area contributed by atoms with Gasteiger partial charge >= 0.3 is 0 Å². The van der Waals surface area contributed by atoms with Crippen LogP contribution in [0, 0.1) is 0 Å². The predicted octanol–water partition coefficient (Wildman–Crippen LogP) is 2.67. The van der Waals surface area contributed by atoms with Crippen molar-refractivity contribution < 1.29 is 12.5 Å². The van der Waals surface area contributed by atoms with Gasteiger partial charge in [-0.3, -0.25) is 12.5 Å². The Balaban J connectivity index is 4.06. The van der Waals surface area contributed by atoms with Gasteiger partial charge < -0.3 is 0 Å². The zero-order valence-electron chi connectivity index (χ0n) is 8.46. The summed E-state index contributed by atoms with van der Waals surface area (Å²) in [6, 6.07) is 0. The summed E-state index contributed by atoms with van der Waals surface area (Å²) >= 11 is 0. The van der Waals surface area contributed by atoms with Gasteiger partial charge in [-0.1, -0.05) is 6.92 Å². The molecule has 76 valence electrons. The summed E-state index contributed by atoms with van der Waals surface area (Å²) in [5, 5.41) is 0. The summed E-state index contributed by atoms with van der Waals surface area (Å²) in [6.45, 7) is 9.81. The van der Waals surface area contributed by atoms with Crippen LogP contribution in [0.3, 0.4) is 0 Å². The molecule has 0 amide bonds. The Morgan fingerprint density at radius 2 is 1.08 bits per heavy atom. The fraction of sp³-hybridized carbons (Fsp3) is 1.00. The Morgan fingerprint density at radius 3 is 1.25 bits per heavy atom. The predicted molar refractivity (Wildman–Crippen MR) is 53.0 cm³/mol. The molecule has 0 bridgehead atoms. The fourth-order valence-corrected chi connectivity index (χ4v) is 2.67. The summed E-state index contributed by atoms with van der Waals surface area (Å²) in [7, 11) is -1.68. The quantitative estimate of drug-likeness (QED) is 0.626. The average molecular weight is 196 g/mol. The highest BCUT2D eigenvalue weighted by atomic mass is 32.3. The third-order valence-corrected chi connectivity index (χ3v) is 3.74. The minimum atomic E-state index is -1.68. The molecule has 3 nitrogen and oxygen atoms in total. The first kappa shape index (κ1) is 12.2. The second-order valence-corrected chi connectivity index (χ2v) is 4.47. The molecule has 12 heavy (non-hydrogen) atoms. The van der Waals surface area contributed by atoms with Crippen LogP contribution in [0.15, 0.2) is 0 Å². The largest absolute Gasteiger partial charge is 0.293 e. The minimum Gasteiger partial charge on any atom is -0.293 e. The summed E-state index contributed by atoms with van der Waals surface area (Å²) in [5.41, 5.74) is 0. The molecule has 0 unspecified atom stereocenters. The first-order valence-corrected chi connectivity index (χ1v) is 6.06. The maximum absolute atomic E-state index is 5.50. The smallest absolute Gasteiger partial charge is 0.0884 e. The van der Waals surface area contributed by atoms with Gasteiger partial charge in [0.1, 0.15) is 0 Å². The Hall–Kier alpha value is 0.230. The van der Waals surface area contributed by atoms with Gasteiger partial charge in [-0.25, -0.2) is 0 Å². The number of hydrogen-bond donors (Lipinski definition) is 0. The highest BCUT2D eigenvalue weighted by Gasteiger charge is 2.22. The van der Waals surface area contributed by atoms with Crippen molar-refractivity contribution in [3.05, 3.63) is 0 Å². The molecule has 0 aromatic rings. The van der Waals surface area contributed by atoms with Gasteiger partial charge in [-0.15, -0.1) is 0 Å². The van der Waals surface area contributed by atoms with E-state index in [0.717, 1.165) is 5.75 Å². The van der Waals surface area contributed by atoms with Gasteiger partial charge in [-0.2, -0.15) is 0 Å². The molecular formula is C8H20O3S. The number of hydrogen-bond acceptors (Lipinski definition) is 3. The van der Waals surface area contributed by atoms with E-state index in [4.69, 9.17) is 12.5 Å². The van der Waals surface area contributed by atoms with Crippen molar-refractivity contribution in [3.8, 4) is 0 Å². The van der Waals surface area contributed by atoms with Crippen LogP contribution in [0.4, 0.5) is 0 Å². The van der Waals surface area contributed by atoms with Crippen molar-refractivity contribution >= 4 is 10.9 Å². The molecule has 0 saturated carbocycles. The van der Waals surface area contributed by atoms with Crippen LogP contribution in [0.25, 0.3) is 0 Å². The van der Waals surface area contributed by atoms with Gasteiger partial charge in [0.15, 0.2) is 0 Å². The molecule has 4 heteroatoms. The van der Waals surface area contributed by atoms with E-state index in [9.17, 15) is 0 Å². The molecule has 0 radical (unpaired) electrons. The van der Waals surface area contributed by atoms with Gasteiger partial charge in [0, 0.05) is 5.75 Å². The first-order chi connectivity index (χ1) is 5.74. The van der Waals surface area contributed by atoms with Gasteiger partial charge in [0.25, 0.3) is 0 Å². The third kappa shape index (κ3) is 3.76. The third-order valence-electron chi connectivity index (χ3n) is 1.25. The molecular weight excluding hydrogens is 176 g/mol. The Labute approximate surface area is 77.3 Å². The van der Waals surface area contributed by atoms with Gasteiger partial charge in [-0.05, 0) is 20.8 Å². The lowest BCUT2D eigenvalue weighted by Gasteiger charge is -2.35. The van der Waals surface area contributed by atoms with Crippen LogP contribution in [0.1, 0.15) is 27.7 Å². The van der Waals surface area contributed by atoms with E-state index in [1.807, 2.05) is 27.7 Å². The first-order valence-electron chi connectivity index (χ1n) is 4.48. The molecule has 0 saturated heterocycles. The van der Waals surface area contributed by atoms with E-state index < -0.39 is 10.9 Å². The topological polar surface area (TPSA) is 27.7 Å². The normalized spacial score (nSPS) is 13.3. The molecule has 0 aliphatic rings. The Kier molecular flexibility index (Phi) is 6.84. The fourth-order valence-electron chi connectivity index (χ4n) is 0.891. The van der Waals surface area contributed by atoms with Crippen molar-refractivity contribution in [2.45, 2.75) is 27.7 Å². The molecule has 0 rings (SSSR count). The van der Waals surface area contributed by atoms with Gasteiger partial charge in [0.2, 0.25) is 0 Å². The van der Waals surface area contributed by atoms with E-state index in [0.29, 0.717) is 19.8 Å². The summed E-state index contributed by atoms with van der Waals surface area (Å²) < 4.78 is 16.5. The molecule has 0 aliphatic heterocycles. The van der Waals surface area contributed by atoms with Crippen LogP contribution in [-0.4, -0.2) is 25.6 Å². The van der Waals surface area contributed by atoms with E-state index in [-0.39, 0.29) is 0 Å². The van der Waals surface area contributed by atoms with Crippen LogP contribution >= 0.6 is 10.9 Å². The van der Waals surface area contributed by atoms with Gasteiger partial charge in [0.05, 0.1) is 30.7 Å². The van der Waals surface area contributed by atoms with E-state index in [1.165, 1.54) is 0 Å². The Bertz CT molecular complexity index is 91.5. The lowest BCUT2D eigenvalue weighted by Crippen LogP contribution is -2.14. The van der Waals surface area contributed by atoms with E-state index in [1.54, 1.807) is 0 Å². The monoisotopic (exact) mass is 196 g/mol. The number of rotatable bonds is 7. The summed E-state index contributed by atoms with van der Waals surface area (Å²) in [6.07, 6.45) is 0. The van der Waals surface area contributed by atoms with Crippen molar-refractivity contribution in [1.82, 2.24) is 0 Å². The highest BCUT2D eigenvalue weighted by molar-refractivity contribution is 8.21. The van der Waals surface area contributed by atoms with Crippen molar-refractivity contribution in [2.75, 3.05) is 25.6 Å². The standard InChI is InChI=1S/C8H20O3S/c1-5-9-12(8-4,10-6-2)11-7-3/h5-8H2,1-4H3. The van der Waals surface area contributed by atoms with E-state index >= 15 is 0 Å². The average Bonchev–Trinajstić information content (AvgIpc) is 2.06. The molecule has 0 atom stereocenters. The van der Waals surface area contributed by atoms with Crippen LogP contribution in [-0.2, 0) is 12.5 Å². The van der Waals surface area contributed by atoms with Crippen molar-refractivity contribution in [1.29, 1.82) is 0 Å². The van der Waals surface area contributed by atoms with Crippen LogP contribution < -0.4 is 0 Å². The maximum atomic E-state index is 5.50. The van der Waals surface area contributed by atoms with Crippen LogP contribution in [0.2, 0.25) is 0 Å². The molecule has 0 aromatic heterocycles. The second-order valence-electron chi connectivity index (χ2n) is 2.07. The molecule has 0 heterocycles. The van der Waals surface area contributed by atoms with Crippen LogP contribution in [0.5, 0.6) is 0 Å². The lowest BCUT2D eigenvalue weighted by atomic mass is 10.9. The van der Waals surface area contributed by atoms with Crippen molar-refractivity contribution in [3.63, 3.8) is 0 Å². The Morgan fingerprint density at radius 1 is 0.750 bits per heavy atom. The molecule has 0 fully saturated rings. The minimum absolute atomic E-state index is 0.642. The van der Waals surface area contributed by atoms with E-state index in [2.05, 4.69) is 0 Å². The maximum Gasteiger partial charge on any atom is 0.0884 e. The highest BCUT2D eigenvalue weighted by Crippen LogP contribution is 2.50. The molecule has 0 aromatic carbocycles. The molecule has 0 aliphatic carbocycles. The SMILES string of the molecule is CCOS(CC)(OCC)OCC. The van der Waals surface area contributed by atoms with Crippen molar-refractivity contribution in [2.24, 2.45) is 0 Å². The summed E-state index contributed by atoms with van der Waals surface area (Å²) in [4.78, 5) is 0. The summed E-state index contributed by atoms with van der Waals surface area (Å²) in [5.74, 6) is 0.794. The zero-order chi connectivity index (χ0) is 9.45. The molecule has 0 N–H and O–H groups in total. The lowest BCUT2D eigenvalue weighted by molar-refractivity contribution is 0.186. The molecule has 0 spiro atoms. The zero-order valence-corrected chi connectivity index (χ0v) is 9.28.